The van der Waals surface area contributed by atoms with E-state index >= 15 is 4.39 Å². The first-order valence-electron chi connectivity index (χ1n) is 11.5. The van der Waals surface area contributed by atoms with E-state index in [0.29, 0.717) is 16.1 Å². The Morgan fingerprint density at radius 2 is 1.52 bits per heavy atom. The summed E-state index contributed by atoms with van der Waals surface area (Å²) in [7, 11) is -1.98. The van der Waals surface area contributed by atoms with Crippen molar-refractivity contribution in [3.63, 3.8) is 0 Å². The zero-order chi connectivity index (χ0) is 29.1. The maximum atomic E-state index is 15.1. The van der Waals surface area contributed by atoms with Crippen LogP contribution in [0, 0.1) is 0 Å². The van der Waals surface area contributed by atoms with Gasteiger partial charge in [-0.05, 0) is 54.6 Å². The fraction of sp³-hybridized carbons (Fsp3) is 0.333. The largest absolute Gasteiger partial charge is 0.587 e. The van der Waals surface area contributed by atoms with Gasteiger partial charge in [0, 0.05) is 6.20 Å². The van der Waals surface area contributed by atoms with Crippen LogP contribution in [-0.4, -0.2) is 59.8 Å². The normalized spacial score (nSPS) is 22.7. The molecule has 4 atom stereocenters. The number of phosphoric acid groups is 1. The van der Waals surface area contributed by atoms with E-state index in [1.54, 1.807) is 0 Å². The fourth-order valence-electron chi connectivity index (χ4n) is 3.76. The summed E-state index contributed by atoms with van der Waals surface area (Å²) in [5.74, 6) is 0.553. The molecule has 0 radical (unpaired) electrons. The Bertz CT molecular complexity index is 1360. The summed E-state index contributed by atoms with van der Waals surface area (Å²) in [6.07, 6.45) is -9.71. The SMILES string of the molecule is COc1ccc(OP(=O)(OC[C@@]2(C(F)F)O[C@@H](n3ccc(N)nc3=O)C(F)C2O)Oc2ccc(OC)cc2)cc1. The molecule has 40 heavy (non-hydrogen) atoms. The third-order valence-electron chi connectivity index (χ3n) is 5.91. The highest BCUT2D eigenvalue weighted by atomic mass is 31.2. The van der Waals surface area contributed by atoms with Crippen LogP contribution < -0.4 is 29.9 Å². The van der Waals surface area contributed by atoms with Crippen molar-refractivity contribution in [2.24, 2.45) is 0 Å². The van der Waals surface area contributed by atoms with E-state index in [0.717, 1.165) is 12.3 Å². The summed E-state index contributed by atoms with van der Waals surface area (Å²) in [5.41, 5.74) is 1.22. The van der Waals surface area contributed by atoms with Gasteiger partial charge in [-0.15, -0.1) is 0 Å². The number of alkyl halides is 3. The number of nitrogens with zero attached hydrogens (tertiary/aromatic N) is 2. The molecule has 0 bridgehead atoms. The number of rotatable bonds is 11. The van der Waals surface area contributed by atoms with Crippen molar-refractivity contribution in [1.82, 2.24) is 9.55 Å². The van der Waals surface area contributed by atoms with Crippen molar-refractivity contribution in [2.45, 2.75) is 30.5 Å². The molecule has 2 heterocycles. The highest BCUT2D eigenvalue weighted by Gasteiger charge is 2.62. The molecule has 2 aromatic carbocycles. The number of ether oxygens (including phenoxy) is 3. The van der Waals surface area contributed by atoms with E-state index in [1.165, 1.54) is 62.8 Å². The zero-order valence-corrected chi connectivity index (χ0v) is 22.0. The molecule has 0 amide bonds. The maximum absolute atomic E-state index is 15.1. The van der Waals surface area contributed by atoms with Gasteiger partial charge < -0.3 is 34.1 Å². The highest BCUT2D eigenvalue weighted by Crippen LogP contribution is 2.52. The molecule has 1 aromatic heterocycles. The zero-order valence-electron chi connectivity index (χ0n) is 21.1. The van der Waals surface area contributed by atoms with E-state index in [9.17, 15) is 23.2 Å². The van der Waals surface area contributed by atoms with Crippen molar-refractivity contribution < 1.29 is 50.6 Å². The molecule has 3 aromatic rings. The molecular weight excluding hydrogens is 562 g/mol. The minimum absolute atomic E-state index is 0.0580. The van der Waals surface area contributed by atoms with Crippen molar-refractivity contribution in [3.05, 3.63) is 71.3 Å². The number of nitrogens with two attached hydrogens (primary N) is 1. The van der Waals surface area contributed by atoms with Gasteiger partial charge in [-0.1, -0.05) is 0 Å². The van der Waals surface area contributed by atoms with Crippen LogP contribution in [0.1, 0.15) is 6.23 Å². The van der Waals surface area contributed by atoms with Crippen LogP contribution in [0.3, 0.4) is 0 Å². The molecule has 16 heteroatoms. The average molecular weight is 587 g/mol. The molecule has 1 fully saturated rings. The number of aromatic nitrogens is 2. The Kier molecular flexibility index (Phi) is 8.59. The van der Waals surface area contributed by atoms with Crippen LogP contribution in [-0.2, 0) is 13.8 Å². The van der Waals surface area contributed by atoms with E-state index in [1.807, 2.05) is 0 Å². The molecule has 12 nitrogen and oxygen atoms in total. The van der Waals surface area contributed by atoms with Crippen molar-refractivity contribution in [3.8, 4) is 23.0 Å². The third-order valence-corrected chi connectivity index (χ3v) is 7.23. The van der Waals surface area contributed by atoms with Crippen LogP contribution in [0.15, 0.2) is 65.6 Å². The molecule has 0 aliphatic carbocycles. The lowest BCUT2D eigenvalue weighted by molar-refractivity contribution is -0.193. The van der Waals surface area contributed by atoms with Crippen LogP contribution in [0.4, 0.5) is 19.0 Å². The summed E-state index contributed by atoms with van der Waals surface area (Å²) < 4.78 is 89.6. The Morgan fingerprint density at radius 3 is 1.98 bits per heavy atom. The number of halogens is 3. The van der Waals surface area contributed by atoms with Gasteiger partial charge in [-0.2, -0.15) is 4.98 Å². The number of aliphatic hydroxyl groups excluding tert-OH is 1. The summed E-state index contributed by atoms with van der Waals surface area (Å²) in [6, 6.07) is 12.4. The van der Waals surface area contributed by atoms with E-state index in [4.69, 9.17) is 33.5 Å². The summed E-state index contributed by atoms with van der Waals surface area (Å²) in [5, 5.41) is 10.5. The van der Waals surface area contributed by atoms with Crippen LogP contribution >= 0.6 is 7.82 Å². The van der Waals surface area contributed by atoms with Gasteiger partial charge in [0.25, 0.3) is 6.43 Å². The van der Waals surface area contributed by atoms with Crippen LogP contribution in [0.2, 0.25) is 0 Å². The van der Waals surface area contributed by atoms with Gasteiger partial charge in [0.2, 0.25) is 0 Å². The molecule has 0 spiro atoms. The molecule has 1 saturated heterocycles. The molecule has 0 saturated carbocycles. The van der Waals surface area contributed by atoms with E-state index in [2.05, 4.69) is 4.98 Å². The predicted octanol–water partition coefficient (Wildman–Crippen LogP) is 3.36. The van der Waals surface area contributed by atoms with Crippen LogP contribution in [0.25, 0.3) is 0 Å². The average Bonchev–Trinajstić information content (AvgIpc) is 3.19. The standard InChI is InChI=1S/C24H25F3N3O9P/c1-34-14-3-7-16(8-4-14)38-40(33,39-17-9-5-15(35-2)6-10-17)36-13-24(22(26)27)20(31)19(25)21(37-24)30-12-11-18(28)29-23(30)32/h3-12,19-22,31H,13H2,1-2H3,(H2,28,29,32)/t19?,20?,21-,24-/m1/s1. The summed E-state index contributed by atoms with van der Waals surface area (Å²) >= 11 is 0. The van der Waals surface area contributed by atoms with E-state index in [-0.39, 0.29) is 17.3 Å². The number of phosphoric ester groups is 1. The maximum Gasteiger partial charge on any atom is 0.587 e. The summed E-state index contributed by atoms with van der Waals surface area (Å²) in [6.45, 7) is -1.37. The number of nitrogen functional groups attached to an aromatic ring is 1. The third kappa shape index (κ3) is 6.02. The molecule has 1 aliphatic rings. The second-order valence-electron chi connectivity index (χ2n) is 8.45. The molecule has 216 valence electrons. The lowest BCUT2D eigenvalue weighted by Gasteiger charge is -2.31. The molecule has 2 unspecified atom stereocenters. The smallest absolute Gasteiger partial charge is 0.497 e. The first kappa shape index (κ1) is 29.2. The second kappa shape index (κ2) is 11.8. The number of benzene rings is 2. The Balaban J connectivity index is 1.64. The Hall–Kier alpha value is -3.78. The first-order valence-corrected chi connectivity index (χ1v) is 13.0. The molecule has 4 rings (SSSR count). The van der Waals surface area contributed by atoms with Gasteiger partial charge in [-0.25, -0.2) is 22.5 Å². The van der Waals surface area contributed by atoms with Gasteiger partial charge in [0.15, 0.2) is 18.0 Å². The monoisotopic (exact) mass is 587 g/mol. The Morgan fingerprint density at radius 1 is 1.02 bits per heavy atom. The number of aliphatic hydroxyl groups is 1. The van der Waals surface area contributed by atoms with Crippen LogP contribution in [0.5, 0.6) is 23.0 Å². The van der Waals surface area contributed by atoms with Gasteiger partial charge in [0.05, 0.1) is 20.8 Å². The predicted molar refractivity (Wildman–Crippen MR) is 133 cm³/mol. The minimum Gasteiger partial charge on any atom is -0.497 e. The second-order valence-corrected chi connectivity index (χ2v) is 9.97. The topological polar surface area (TPSA) is 154 Å². The van der Waals surface area contributed by atoms with Crippen molar-refractivity contribution >= 4 is 13.6 Å². The van der Waals surface area contributed by atoms with Gasteiger partial charge in [0.1, 0.15) is 34.9 Å². The number of anilines is 1. The minimum atomic E-state index is -4.82. The van der Waals surface area contributed by atoms with Crippen molar-refractivity contribution in [1.29, 1.82) is 0 Å². The lowest BCUT2D eigenvalue weighted by atomic mass is 9.97. The number of hydrogen-bond acceptors (Lipinski definition) is 11. The van der Waals surface area contributed by atoms with Gasteiger partial charge >= 0.3 is 13.5 Å². The quantitative estimate of drug-likeness (QED) is 0.318. The highest BCUT2D eigenvalue weighted by molar-refractivity contribution is 7.49. The fourth-order valence-corrected chi connectivity index (χ4v) is 5.02. The van der Waals surface area contributed by atoms with Gasteiger partial charge in [-0.3, -0.25) is 9.09 Å². The molecule has 1 aliphatic heterocycles. The Labute approximate surface area is 225 Å². The summed E-state index contributed by atoms with van der Waals surface area (Å²) in [4.78, 5) is 15.6. The number of hydrogen-bond donors (Lipinski definition) is 2. The molecular formula is C24H25F3N3O9P. The van der Waals surface area contributed by atoms with E-state index < -0.39 is 50.6 Å². The first-order chi connectivity index (χ1) is 19.0. The lowest BCUT2D eigenvalue weighted by Crippen LogP contribution is -2.52. The van der Waals surface area contributed by atoms with Crippen molar-refractivity contribution in [2.75, 3.05) is 26.6 Å². The molecule has 3 N–H and O–H groups in total. The number of methoxy groups -OCH3 is 2.